The van der Waals surface area contributed by atoms with Gasteiger partial charge in [0.25, 0.3) is 0 Å². The van der Waals surface area contributed by atoms with Crippen LogP contribution in [0.4, 0.5) is 0 Å². The highest BCUT2D eigenvalue weighted by molar-refractivity contribution is 6.29. The number of rotatable bonds is 2. The first kappa shape index (κ1) is 11.8. The summed E-state index contributed by atoms with van der Waals surface area (Å²) in [6.07, 6.45) is 1.33. The molecule has 0 bridgehead atoms. The van der Waals surface area contributed by atoms with Gasteiger partial charge in [-0.3, -0.25) is 0 Å². The van der Waals surface area contributed by atoms with Crippen LogP contribution in [0.3, 0.4) is 0 Å². The number of furan rings is 2. The second-order valence-corrected chi connectivity index (χ2v) is 9.31. The zero-order chi connectivity index (χ0) is 39.3. The minimum atomic E-state index is -0.769. The van der Waals surface area contributed by atoms with Crippen LogP contribution in [0, 0.1) is 0 Å². The summed E-state index contributed by atoms with van der Waals surface area (Å²) in [6, 6.07) is 0.0852. The number of hydrogen-bond donors (Lipinski definition) is 0. The van der Waals surface area contributed by atoms with Gasteiger partial charge in [-0.25, -0.2) is 0 Å². The lowest BCUT2D eigenvalue weighted by molar-refractivity contribution is 0.616. The monoisotopic (exact) mass is 525 g/mol. The molecule has 0 amide bonds. The smallest absolute Gasteiger partial charge is 0.136 e. The van der Waals surface area contributed by atoms with Crippen molar-refractivity contribution in [3.05, 3.63) is 133 Å². The summed E-state index contributed by atoms with van der Waals surface area (Å²) in [4.78, 5) is 0. The van der Waals surface area contributed by atoms with Gasteiger partial charge in [-0.1, -0.05) is 109 Å². The Labute approximate surface area is 250 Å². The molecule has 2 heteroatoms. The molecule has 0 atom stereocenters. The lowest BCUT2D eigenvalue weighted by Gasteiger charge is -2.18. The maximum atomic E-state index is 9.36. The van der Waals surface area contributed by atoms with Crippen LogP contribution in [-0.4, -0.2) is 0 Å². The van der Waals surface area contributed by atoms with E-state index in [1.165, 1.54) is 6.26 Å². The van der Waals surface area contributed by atoms with Crippen LogP contribution in [0.15, 0.2) is 142 Å². The Bertz CT molecular complexity index is 3180. The first-order valence-corrected chi connectivity index (χ1v) is 12.4. The number of hydrogen-bond acceptors (Lipinski definition) is 2. The van der Waals surface area contributed by atoms with E-state index in [9.17, 15) is 6.85 Å². The molecule has 0 aliphatic heterocycles. The average molecular weight is 526 g/mol. The summed E-state index contributed by atoms with van der Waals surface area (Å²) in [5.74, 6) is 0. The Morgan fingerprint density at radius 3 is 1.80 bits per heavy atom. The lowest BCUT2D eigenvalue weighted by atomic mass is 9.84. The van der Waals surface area contributed by atoms with E-state index in [1.807, 2.05) is 12.1 Å². The van der Waals surface area contributed by atoms with E-state index < -0.39 is 107 Å². The van der Waals surface area contributed by atoms with Gasteiger partial charge in [-0.2, -0.15) is 0 Å². The van der Waals surface area contributed by atoms with Gasteiger partial charge in [-0.15, -0.1) is 0 Å². The second-order valence-electron chi connectivity index (χ2n) is 9.31. The molecule has 0 saturated heterocycles. The molecule has 0 aliphatic carbocycles. The van der Waals surface area contributed by atoms with Crippen LogP contribution in [0.2, 0.25) is 0 Å². The van der Waals surface area contributed by atoms with Crippen molar-refractivity contribution >= 4 is 65.2 Å². The minimum absolute atomic E-state index is 0.0507. The normalized spacial score (nSPS) is 17.2. The summed E-state index contributed by atoms with van der Waals surface area (Å²) >= 11 is 0. The van der Waals surface area contributed by atoms with Crippen molar-refractivity contribution in [2.75, 3.05) is 0 Å². The van der Waals surface area contributed by atoms with Gasteiger partial charge in [0.05, 0.1) is 26.8 Å². The largest absolute Gasteiger partial charge is 0.464 e. The summed E-state index contributed by atoms with van der Waals surface area (Å²) in [6.45, 7) is 0. The van der Waals surface area contributed by atoms with E-state index in [4.69, 9.17) is 22.5 Å². The van der Waals surface area contributed by atoms with Crippen molar-refractivity contribution in [2.45, 2.75) is 0 Å². The van der Waals surface area contributed by atoms with E-state index in [-0.39, 0.29) is 38.2 Å². The quantitative estimate of drug-likeness (QED) is 0.210. The first-order valence-electron chi connectivity index (χ1n) is 19.9. The third-order valence-electron chi connectivity index (χ3n) is 7.29. The molecule has 186 valence electrons. The molecule has 0 N–H and O–H groups in total. The Morgan fingerprint density at radius 1 is 0.450 bits per heavy atom. The van der Waals surface area contributed by atoms with Crippen LogP contribution in [0.25, 0.3) is 87.5 Å². The van der Waals surface area contributed by atoms with Crippen LogP contribution in [0.1, 0.15) is 20.6 Å². The predicted molar refractivity (Wildman–Crippen MR) is 167 cm³/mol. The minimum Gasteiger partial charge on any atom is -0.464 e. The van der Waals surface area contributed by atoms with Crippen molar-refractivity contribution in [1.82, 2.24) is 0 Å². The molecule has 0 fully saturated rings. The van der Waals surface area contributed by atoms with E-state index in [0.717, 1.165) is 0 Å². The van der Waals surface area contributed by atoms with E-state index >= 15 is 0 Å². The van der Waals surface area contributed by atoms with Gasteiger partial charge >= 0.3 is 0 Å². The van der Waals surface area contributed by atoms with Crippen LogP contribution >= 0.6 is 0 Å². The van der Waals surface area contributed by atoms with Crippen molar-refractivity contribution < 1.29 is 29.4 Å². The number of fused-ring (bicyclic) bond motifs is 8. The molecule has 0 aliphatic rings. The van der Waals surface area contributed by atoms with E-state index in [2.05, 4.69) is 0 Å². The SMILES string of the molecule is [2H]c1c([2H])c([2H])c2c(-c3c4c([2H])c([2H])c([2H])c([2H])c4c(-c4coc5ccc6oc7ccccc7c6c45)c4c([2H])c([2H])c([2H])c([2H])c34)c([2H])c([2H])c([2H])c2c1[2H]. The molecule has 2 aromatic heterocycles. The summed E-state index contributed by atoms with van der Waals surface area (Å²) in [7, 11) is 0. The Hall–Kier alpha value is -5.34. The van der Waals surface area contributed by atoms with Gasteiger partial charge in [0.1, 0.15) is 16.7 Å². The molecule has 0 spiro atoms. The van der Waals surface area contributed by atoms with Crippen molar-refractivity contribution in [3.8, 4) is 22.3 Å². The molecule has 0 unspecified atom stereocenters. The predicted octanol–water partition coefficient (Wildman–Crippen LogP) is 11.1. The fraction of sp³-hybridized carbons (Fsp3) is 0. The highest BCUT2D eigenvalue weighted by atomic mass is 16.3. The first-order chi connectivity index (χ1) is 26.1. The Balaban J connectivity index is 1.66. The number of benzene rings is 7. The molecular weight excluding hydrogens is 488 g/mol. The molecule has 9 aromatic rings. The molecule has 9 rings (SSSR count). The van der Waals surface area contributed by atoms with Crippen molar-refractivity contribution in [2.24, 2.45) is 0 Å². The third kappa shape index (κ3) is 2.88. The lowest BCUT2D eigenvalue weighted by Crippen LogP contribution is -1.91. The van der Waals surface area contributed by atoms with E-state index in [1.54, 1.807) is 24.3 Å². The van der Waals surface area contributed by atoms with E-state index in [0.29, 0.717) is 32.9 Å². The van der Waals surface area contributed by atoms with Crippen LogP contribution in [0.5, 0.6) is 0 Å². The molecule has 40 heavy (non-hydrogen) atoms. The Morgan fingerprint density at radius 2 is 1.05 bits per heavy atom. The zero-order valence-electron chi connectivity index (χ0n) is 35.4. The van der Waals surface area contributed by atoms with Crippen molar-refractivity contribution in [3.63, 3.8) is 0 Å². The molecule has 2 heterocycles. The Kier molecular flexibility index (Phi) is 2.39. The number of para-hydroxylation sites is 1. The van der Waals surface area contributed by atoms with Gasteiger partial charge in [0.2, 0.25) is 0 Å². The van der Waals surface area contributed by atoms with Crippen molar-refractivity contribution in [1.29, 1.82) is 0 Å². The third-order valence-corrected chi connectivity index (χ3v) is 7.29. The standard InChI is InChI=1S/C38H22O2/c1-2-12-24-23(10-1)11-9-18-25(24)35-26-13-3-5-15-28(26)36(29-16-6-4-14-27(29)35)31-22-39-33-20-21-34-37(38(31)33)30-17-7-8-19-32(30)40-34/h1-22H/i1D,2D,3D,4D,5D,6D,9D,10D,11D,12D,13D,14D,15D,16D,18D. The maximum Gasteiger partial charge on any atom is 0.136 e. The highest BCUT2D eigenvalue weighted by Gasteiger charge is 2.22. The van der Waals surface area contributed by atoms with Gasteiger partial charge < -0.3 is 8.83 Å². The average Bonchev–Trinajstić information content (AvgIpc) is 3.78. The molecule has 2 nitrogen and oxygen atoms in total. The summed E-state index contributed by atoms with van der Waals surface area (Å²) in [5, 5.41) is -0.335. The zero-order valence-corrected chi connectivity index (χ0v) is 20.4. The topological polar surface area (TPSA) is 26.3 Å². The molecule has 0 radical (unpaired) electrons. The summed E-state index contributed by atoms with van der Waals surface area (Å²) < 4.78 is 146. The van der Waals surface area contributed by atoms with Gasteiger partial charge in [0, 0.05) is 27.3 Å². The second kappa shape index (κ2) is 8.08. The van der Waals surface area contributed by atoms with Gasteiger partial charge in [-0.05, 0) is 61.6 Å². The van der Waals surface area contributed by atoms with Crippen LogP contribution < -0.4 is 0 Å². The highest BCUT2D eigenvalue weighted by Crippen LogP contribution is 2.48. The van der Waals surface area contributed by atoms with Crippen LogP contribution in [-0.2, 0) is 0 Å². The molecule has 0 saturated carbocycles. The summed E-state index contributed by atoms with van der Waals surface area (Å²) in [5.41, 5.74) is 0.627. The maximum absolute atomic E-state index is 9.36. The molecular formula is C38H22O2. The fourth-order valence-electron chi connectivity index (χ4n) is 5.67. The fourth-order valence-corrected chi connectivity index (χ4v) is 5.67. The molecule has 7 aromatic carbocycles. The van der Waals surface area contributed by atoms with Gasteiger partial charge in [0.15, 0.2) is 0 Å².